The largest absolute Gasteiger partial charge is 0.382 e. The fourth-order valence-electron chi connectivity index (χ4n) is 4.12. The van der Waals surface area contributed by atoms with Crippen LogP contribution in [-0.4, -0.2) is 43.6 Å². The first kappa shape index (κ1) is 18.6. The van der Waals surface area contributed by atoms with Crippen LogP contribution >= 0.6 is 11.6 Å². The molecule has 1 aliphatic rings. The van der Waals surface area contributed by atoms with Gasteiger partial charge in [-0.05, 0) is 30.7 Å². The van der Waals surface area contributed by atoms with E-state index >= 15 is 4.39 Å². The minimum atomic E-state index is -0.509. The second-order valence-electron chi connectivity index (χ2n) is 7.46. The van der Waals surface area contributed by atoms with E-state index in [1.807, 2.05) is 23.6 Å². The minimum Gasteiger partial charge on any atom is -0.382 e. The summed E-state index contributed by atoms with van der Waals surface area (Å²) in [6.45, 7) is 6.41. The van der Waals surface area contributed by atoms with Crippen LogP contribution in [-0.2, 0) is 4.79 Å². The number of likely N-dealkylation sites (tertiary alicyclic amines) is 1. The van der Waals surface area contributed by atoms with E-state index in [4.69, 9.17) is 17.3 Å². The van der Waals surface area contributed by atoms with Crippen molar-refractivity contribution < 1.29 is 9.18 Å². The summed E-state index contributed by atoms with van der Waals surface area (Å²) >= 11 is 6.60. The maximum Gasteiger partial charge on any atom is 0.246 e. The molecule has 3 N–H and O–H groups in total. The van der Waals surface area contributed by atoms with Gasteiger partial charge >= 0.3 is 0 Å². The van der Waals surface area contributed by atoms with Crippen LogP contribution in [0.2, 0.25) is 5.02 Å². The Morgan fingerprint density at radius 1 is 1.40 bits per heavy atom. The second kappa shape index (κ2) is 6.56. The number of aromatic nitrogens is 4. The molecule has 1 fully saturated rings. The summed E-state index contributed by atoms with van der Waals surface area (Å²) in [5.74, 6) is -0.347. The van der Waals surface area contributed by atoms with Crippen LogP contribution < -0.4 is 5.73 Å². The van der Waals surface area contributed by atoms with E-state index in [0.717, 1.165) is 5.56 Å². The molecule has 1 saturated heterocycles. The first-order chi connectivity index (χ1) is 14.4. The summed E-state index contributed by atoms with van der Waals surface area (Å²) in [5, 5.41) is 7.79. The number of nitrogens with one attached hydrogen (secondary N) is 1. The molecule has 0 aliphatic carbocycles. The molecule has 0 saturated carbocycles. The molecule has 0 unspecified atom stereocenters. The number of amides is 1. The van der Waals surface area contributed by atoms with E-state index in [0.29, 0.717) is 35.1 Å². The smallest absolute Gasteiger partial charge is 0.246 e. The van der Waals surface area contributed by atoms with Gasteiger partial charge in [0, 0.05) is 24.2 Å². The molecule has 9 heteroatoms. The fraction of sp³-hybridized carbons (Fsp3) is 0.190. The summed E-state index contributed by atoms with van der Waals surface area (Å²) in [6.07, 6.45) is 2.88. The maximum atomic E-state index is 15.7. The van der Waals surface area contributed by atoms with Gasteiger partial charge < -0.3 is 15.2 Å². The van der Waals surface area contributed by atoms with Crippen molar-refractivity contribution in [2.24, 2.45) is 0 Å². The number of anilines is 1. The van der Waals surface area contributed by atoms with E-state index in [2.05, 4.69) is 21.8 Å². The van der Waals surface area contributed by atoms with Crippen LogP contribution in [0.15, 0.2) is 37.2 Å². The van der Waals surface area contributed by atoms with E-state index in [1.54, 1.807) is 17.3 Å². The van der Waals surface area contributed by atoms with Gasteiger partial charge in [-0.2, -0.15) is 5.10 Å². The van der Waals surface area contributed by atoms with Crippen molar-refractivity contribution in [1.29, 1.82) is 0 Å². The van der Waals surface area contributed by atoms with Crippen LogP contribution in [0.1, 0.15) is 11.6 Å². The summed E-state index contributed by atoms with van der Waals surface area (Å²) in [4.78, 5) is 17.7. The minimum absolute atomic E-state index is 0.00917. The lowest BCUT2D eigenvalue weighted by Gasteiger charge is -2.39. The third kappa shape index (κ3) is 2.53. The molecule has 0 radical (unpaired) electrons. The topological polar surface area (TPSA) is 92.8 Å². The molecule has 1 amide bonds. The third-order valence-corrected chi connectivity index (χ3v) is 6.02. The number of imidazole rings is 1. The van der Waals surface area contributed by atoms with Crippen molar-refractivity contribution in [1.82, 2.24) is 24.6 Å². The first-order valence-corrected chi connectivity index (χ1v) is 9.78. The van der Waals surface area contributed by atoms with Gasteiger partial charge in [-0.25, -0.2) is 9.37 Å². The Bertz CT molecular complexity index is 1350. The normalized spacial score (nSPS) is 14.4. The van der Waals surface area contributed by atoms with Crippen LogP contribution in [0.5, 0.6) is 0 Å². The van der Waals surface area contributed by atoms with Crippen LogP contribution in [0.4, 0.5) is 10.2 Å². The summed E-state index contributed by atoms with van der Waals surface area (Å²) < 4.78 is 17.6. The van der Waals surface area contributed by atoms with Crippen LogP contribution in [0.25, 0.3) is 33.1 Å². The second-order valence-corrected chi connectivity index (χ2v) is 7.86. The molecular formula is C21H18ClFN6O. The van der Waals surface area contributed by atoms with Gasteiger partial charge in [-0.3, -0.25) is 9.89 Å². The Morgan fingerprint density at radius 3 is 2.90 bits per heavy atom. The molecule has 2 aromatic heterocycles. The van der Waals surface area contributed by atoms with E-state index in [9.17, 15) is 4.79 Å². The number of nitrogens with two attached hydrogens (primary N) is 1. The lowest BCUT2D eigenvalue weighted by Crippen LogP contribution is -2.49. The number of halogens is 2. The number of hydrogen-bond acceptors (Lipinski definition) is 4. The van der Waals surface area contributed by atoms with E-state index in [1.165, 1.54) is 6.08 Å². The number of rotatable bonds is 3. The monoisotopic (exact) mass is 424 g/mol. The average molecular weight is 425 g/mol. The number of fused-ring (bicyclic) bond motifs is 2. The predicted molar refractivity (Wildman–Crippen MR) is 115 cm³/mol. The van der Waals surface area contributed by atoms with Crippen LogP contribution in [0.3, 0.4) is 0 Å². The zero-order valence-corrected chi connectivity index (χ0v) is 16.9. The number of carbonyl (C=O) groups excluding carboxylic acids is 1. The molecule has 152 valence electrons. The van der Waals surface area contributed by atoms with Gasteiger partial charge in [0.15, 0.2) is 11.6 Å². The highest BCUT2D eigenvalue weighted by atomic mass is 35.5. The van der Waals surface area contributed by atoms with Gasteiger partial charge in [-0.1, -0.05) is 24.2 Å². The quantitative estimate of drug-likeness (QED) is 0.489. The first-order valence-electron chi connectivity index (χ1n) is 9.40. The predicted octanol–water partition coefficient (Wildman–Crippen LogP) is 3.83. The van der Waals surface area contributed by atoms with Crippen molar-refractivity contribution in [3.8, 4) is 11.1 Å². The van der Waals surface area contributed by atoms with Crippen molar-refractivity contribution in [2.75, 3.05) is 18.8 Å². The van der Waals surface area contributed by atoms with Crippen molar-refractivity contribution in [3.63, 3.8) is 0 Å². The molecule has 0 bridgehead atoms. The zero-order valence-electron chi connectivity index (χ0n) is 16.1. The number of aromatic amines is 1. The average Bonchev–Trinajstić information content (AvgIpc) is 3.26. The molecule has 30 heavy (non-hydrogen) atoms. The highest BCUT2D eigenvalue weighted by molar-refractivity contribution is 6.34. The lowest BCUT2D eigenvalue weighted by molar-refractivity contribution is -0.131. The van der Waals surface area contributed by atoms with Gasteiger partial charge in [0.2, 0.25) is 5.91 Å². The number of H-pyrrole nitrogens is 1. The molecule has 2 aromatic carbocycles. The molecule has 4 aromatic rings. The van der Waals surface area contributed by atoms with Crippen molar-refractivity contribution >= 4 is 45.3 Å². The van der Waals surface area contributed by atoms with Gasteiger partial charge in [-0.15, -0.1) is 0 Å². The number of benzene rings is 2. The molecule has 0 spiro atoms. The molecule has 1 aliphatic heterocycles. The van der Waals surface area contributed by atoms with Crippen molar-refractivity contribution in [2.45, 2.75) is 13.0 Å². The van der Waals surface area contributed by atoms with Gasteiger partial charge in [0.25, 0.3) is 0 Å². The summed E-state index contributed by atoms with van der Waals surface area (Å²) in [7, 11) is 0. The van der Waals surface area contributed by atoms with E-state index in [-0.39, 0.29) is 33.9 Å². The molecule has 7 nitrogen and oxygen atoms in total. The molecular weight excluding hydrogens is 407 g/mol. The van der Waals surface area contributed by atoms with E-state index < -0.39 is 5.82 Å². The Morgan fingerprint density at radius 2 is 2.17 bits per heavy atom. The standard InChI is InChI=1S/C21H18ClFN6O/c1-3-15(30)28-7-11(8-28)29-9-25-20-14(29)6-12(22)17(19(20)23)16-10(2)4-5-13-18(16)21(24)27-26-13/h3-6,9,11H,1,7-8H2,2H3,(H3,24,26,27). The zero-order chi connectivity index (χ0) is 21.2. The summed E-state index contributed by atoms with van der Waals surface area (Å²) in [6, 6.07) is 5.45. The van der Waals surface area contributed by atoms with Crippen LogP contribution in [0, 0.1) is 12.7 Å². The fourth-order valence-corrected chi connectivity index (χ4v) is 4.40. The Balaban J connectivity index is 1.65. The van der Waals surface area contributed by atoms with Gasteiger partial charge in [0.05, 0.1) is 33.8 Å². The molecule has 3 heterocycles. The van der Waals surface area contributed by atoms with Gasteiger partial charge in [0.1, 0.15) is 5.52 Å². The Hall–Kier alpha value is -3.39. The third-order valence-electron chi connectivity index (χ3n) is 5.72. The lowest BCUT2D eigenvalue weighted by atomic mass is 9.95. The number of nitrogens with zero attached hydrogens (tertiary/aromatic N) is 4. The number of carbonyl (C=O) groups is 1. The maximum absolute atomic E-state index is 15.7. The number of nitrogen functional groups attached to an aromatic ring is 1. The SMILES string of the molecule is C=CC(=O)N1CC(n2cnc3c(F)c(-c4c(C)ccc5[nH]nc(N)c45)c(Cl)cc32)C1. The Labute approximate surface area is 175 Å². The summed E-state index contributed by atoms with van der Waals surface area (Å²) in [5.41, 5.74) is 9.24. The number of hydrogen-bond donors (Lipinski definition) is 2. The molecule has 5 rings (SSSR count). The van der Waals surface area contributed by atoms with Crippen molar-refractivity contribution in [3.05, 3.63) is 53.6 Å². The highest BCUT2D eigenvalue weighted by Crippen LogP contribution is 2.42. The number of aryl methyl sites for hydroxylation is 1. The Kier molecular flexibility index (Phi) is 4.08. The molecule has 0 atom stereocenters. The highest BCUT2D eigenvalue weighted by Gasteiger charge is 2.32.